The number of hydrogen-bond acceptors (Lipinski definition) is 4. The third-order valence-corrected chi connectivity index (χ3v) is 6.06. The van der Waals surface area contributed by atoms with Crippen LogP contribution in [0.5, 0.6) is 0 Å². The van der Waals surface area contributed by atoms with Crippen molar-refractivity contribution in [3.63, 3.8) is 0 Å². The molecule has 1 unspecified atom stereocenters. The maximum absolute atomic E-state index is 15.7. The topological polar surface area (TPSA) is 41.1 Å². The molecule has 1 atom stereocenters. The van der Waals surface area contributed by atoms with Crippen molar-refractivity contribution in [3.8, 4) is 0 Å². The molecule has 7 heteroatoms. The largest absolute Gasteiger partial charge is 0.363 e. The van der Waals surface area contributed by atoms with Gasteiger partial charge in [-0.15, -0.1) is 0 Å². The fraction of sp³-hybridized carbons (Fsp3) is 0.379. The highest BCUT2D eigenvalue weighted by Crippen LogP contribution is 2.34. The molecule has 0 radical (unpaired) electrons. The molecule has 0 aliphatic rings. The van der Waals surface area contributed by atoms with Crippen molar-refractivity contribution in [1.82, 2.24) is 9.97 Å². The van der Waals surface area contributed by atoms with Gasteiger partial charge in [-0.3, -0.25) is 0 Å². The third kappa shape index (κ3) is 6.86. The Morgan fingerprint density at radius 2 is 1.67 bits per heavy atom. The summed E-state index contributed by atoms with van der Waals surface area (Å²) in [5.41, 5.74) is 4.07. The van der Waals surface area contributed by atoms with Crippen LogP contribution in [0.25, 0.3) is 0 Å². The van der Waals surface area contributed by atoms with E-state index in [1.54, 1.807) is 12.1 Å². The van der Waals surface area contributed by atoms with Gasteiger partial charge in [0.25, 0.3) is 5.92 Å². The molecule has 36 heavy (non-hydrogen) atoms. The minimum Gasteiger partial charge on any atom is -0.363 e. The van der Waals surface area contributed by atoms with E-state index in [1.165, 1.54) is 24.0 Å². The SMILES string of the molecule is C=C(C)Cc1ccc(CNc2ncnc(N(CCC)C(CC)c3ccc(C(C)(F)F)cc3)c2F)cc1. The van der Waals surface area contributed by atoms with E-state index in [9.17, 15) is 8.78 Å². The molecule has 0 saturated heterocycles. The number of hydrogen-bond donors (Lipinski definition) is 1. The van der Waals surface area contributed by atoms with E-state index in [0.717, 1.165) is 36.5 Å². The molecule has 3 rings (SSSR count). The van der Waals surface area contributed by atoms with Crippen LogP contribution in [0.2, 0.25) is 0 Å². The molecular formula is C29H35F3N4. The summed E-state index contributed by atoms with van der Waals surface area (Å²) in [6.07, 6.45) is 3.61. The fourth-order valence-electron chi connectivity index (χ4n) is 4.28. The van der Waals surface area contributed by atoms with Crippen LogP contribution in [0.4, 0.5) is 24.8 Å². The normalized spacial score (nSPS) is 12.3. The van der Waals surface area contributed by atoms with Crippen molar-refractivity contribution in [2.24, 2.45) is 0 Å². The Bertz CT molecular complexity index is 1140. The van der Waals surface area contributed by atoms with Crippen LogP contribution in [0, 0.1) is 5.82 Å². The number of alkyl halides is 2. The average Bonchev–Trinajstić information content (AvgIpc) is 2.84. The summed E-state index contributed by atoms with van der Waals surface area (Å²) in [5, 5.41) is 3.09. The van der Waals surface area contributed by atoms with Crippen molar-refractivity contribution in [3.05, 3.63) is 95.1 Å². The summed E-state index contributed by atoms with van der Waals surface area (Å²) >= 11 is 0. The Kier molecular flexibility index (Phi) is 9.13. The van der Waals surface area contributed by atoms with Crippen LogP contribution < -0.4 is 10.2 Å². The summed E-state index contributed by atoms with van der Waals surface area (Å²) < 4.78 is 43.0. The molecule has 0 amide bonds. The standard InChI is InChI=1S/C29H35F3N4/c1-6-16-36(25(7-2)23-12-14-24(15-13-23)29(5,31)32)28-26(30)27(34-19-35-28)33-18-22-10-8-21(9-11-22)17-20(3)4/h8-15,19,25H,3,6-7,16-18H2,1-2,4-5H3,(H,33,34,35). The molecule has 0 saturated carbocycles. The van der Waals surface area contributed by atoms with Crippen molar-refractivity contribution < 1.29 is 13.2 Å². The Morgan fingerprint density at radius 3 is 2.22 bits per heavy atom. The van der Waals surface area contributed by atoms with Crippen LogP contribution in [0.1, 0.15) is 68.8 Å². The molecule has 1 N–H and O–H groups in total. The molecular weight excluding hydrogens is 461 g/mol. The fourth-order valence-corrected chi connectivity index (χ4v) is 4.28. The van der Waals surface area contributed by atoms with Gasteiger partial charge in [0, 0.05) is 25.6 Å². The van der Waals surface area contributed by atoms with Gasteiger partial charge in [-0.1, -0.05) is 74.5 Å². The number of anilines is 2. The van der Waals surface area contributed by atoms with Gasteiger partial charge in [-0.05, 0) is 42.9 Å². The minimum atomic E-state index is -2.91. The first-order valence-electron chi connectivity index (χ1n) is 12.4. The zero-order valence-corrected chi connectivity index (χ0v) is 21.5. The predicted molar refractivity (Wildman–Crippen MR) is 141 cm³/mol. The average molecular weight is 497 g/mol. The molecule has 0 spiro atoms. The van der Waals surface area contributed by atoms with E-state index >= 15 is 4.39 Å². The van der Waals surface area contributed by atoms with Crippen LogP contribution in [0.15, 0.2) is 67.0 Å². The highest BCUT2D eigenvalue weighted by Gasteiger charge is 2.27. The Labute approximate surface area is 212 Å². The highest BCUT2D eigenvalue weighted by atomic mass is 19.3. The van der Waals surface area contributed by atoms with E-state index < -0.39 is 11.7 Å². The monoisotopic (exact) mass is 496 g/mol. The Balaban J connectivity index is 1.83. The lowest BCUT2D eigenvalue weighted by atomic mass is 9.99. The maximum Gasteiger partial charge on any atom is 0.270 e. The number of allylic oxidation sites excluding steroid dienone is 1. The van der Waals surface area contributed by atoms with Crippen molar-refractivity contribution >= 4 is 11.6 Å². The summed E-state index contributed by atoms with van der Waals surface area (Å²) in [7, 11) is 0. The predicted octanol–water partition coefficient (Wildman–Crippen LogP) is 7.83. The summed E-state index contributed by atoms with van der Waals surface area (Å²) in [6.45, 7) is 11.8. The lowest BCUT2D eigenvalue weighted by Gasteiger charge is -2.33. The molecule has 0 bridgehead atoms. The lowest BCUT2D eigenvalue weighted by Crippen LogP contribution is -2.31. The van der Waals surface area contributed by atoms with E-state index in [0.29, 0.717) is 19.5 Å². The quantitative estimate of drug-likeness (QED) is 0.260. The molecule has 0 fully saturated rings. The molecule has 1 heterocycles. The third-order valence-electron chi connectivity index (χ3n) is 6.06. The number of nitrogens with one attached hydrogen (secondary N) is 1. The molecule has 0 aliphatic carbocycles. The van der Waals surface area contributed by atoms with Crippen LogP contribution in [-0.4, -0.2) is 16.5 Å². The minimum absolute atomic E-state index is 0.0458. The van der Waals surface area contributed by atoms with Gasteiger partial charge in [0.2, 0.25) is 5.82 Å². The van der Waals surface area contributed by atoms with Gasteiger partial charge in [0.15, 0.2) is 11.6 Å². The second kappa shape index (κ2) is 12.1. The van der Waals surface area contributed by atoms with Gasteiger partial charge in [0.05, 0.1) is 6.04 Å². The first kappa shape index (κ1) is 27.2. The summed E-state index contributed by atoms with van der Waals surface area (Å²) in [4.78, 5) is 10.3. The van der Waals surface area contributed by atoms with Gasteiger partial charge in [-0.25, -0.2) is 18.7 Å². The molecule has 1 aromatic heterocycles. The molecule has 0 aliphatic heterocycles. The van der Waals surface area contributed by atoms with Crippen molar-refractivity contribution in [1.29, 1.82) is 0 Å². The van der Waals surface area contributed by atoms with Crippen molar-refractivity contribution in [2.45, 2.75) is 65.5 Å². The summed E-state index contributed by atoms with van der Waals surface area (Å²) in [5.74, 6) is -3.11. The van der Waals surface area contributed by atoms with Crippen molar-refractivity contribution in [2.75, 3.05) is 16.8 Å². The Hall–Kier alpha value is -3.35. The second-order valence-corrected chi connectivity index (χ2v) is 9.29. The second-order valence-electron chi connectivity index (χ2n) is 9.29. The molecule has 2 aromatic carbocycles. The molecule has 4 nitrogen and oxygen atoms in total. The van der Waals surface area contributed by atoms with Gasteiger partial charge in [0.1, 0.15) is 6.33 Å². The summed E-state index contributed by atoms with van der Waals surface area (Å²) in [6, 6.07) is 14.1. The van der Waals surface area contributed by atoms with Gasteiger partial charge >= 0.3 is 0 Å². The first-order valence-corrected chi connectivity index (χ1v) is 12.4. The van der Waals surface area contributed by atoms with Crippen LogP contribution in [-0.2, 0) is 18.9 Å². The maximum atomic E-state index is 15.7. The number of rotatable bonds is 12. The van der Waals surface area contributed by atoms with Crippen LogP contribution >= 0.6 is 0 Å². The lowest BCUT2D eigenvalue weighted by molar-refractivity contribution is 0.0174. The van der Waals surface area contributed by atoms with E-state index in [4.69, 9.17) is 0 Å². The Morgan fingerprint density at radius 1 is 1.03 bits per heavy atom. The van der Waals surface area contributed by atoms with Gasteiger partial charge < -0.3 is 10.2 Å². The highest BCUT2D eigenvalue weighted by molar-refractivity contribution is 5.53. The number of halogens is 3. The number of benzene rings is 2. The zero-order valence-electron chi connectivity index (χ0n) is 21.5. The van der Waals surface area contributed by atoms with Gasteiger partial charge in [-0.2, -0.15) is 4.39 Å². The molecule has 192 valence electrons. The first-order chi connectivity index (χ1) is 17.1. The van der Waals surface area contributed by atoms with E-state index in [-0.39, 0.29) is 23.2 Å². The number of nitrogens with zero attached hydrogens (tertiary/aromatic N) is 3. The smallest absolute Gasteiger partial charge is 0.270 e. The van der Waals surface area contributed by atoms with E-state index in [2.05, 4.69) is 21.9 Å². The number of aromatic nitrogens is 2. The zero-order chi connectivity index (χ0) is 26.3. The van der Waals surface area contributed by atoms with E-state index in [1.807, 2.05) is 49.9 Å². The van der Waals surface area contributed by atoms with Crippen LogP contribution in [0.3, 0.4) is 0 Å². The molecule has 3 aromatic rings.